The van der Waals surface area contributed by atoms with Crippen LogP contribution < -0.4 is 0 Å². The molecule has 1 unspecified atom stereocenters. The highest BCUT2D eigenvalue weighted by molar-refractivity contribution is 5.87. The predicted octanol–water partition coefficient (Wildman–Crippen LogP) is 4.61. The fourth-order valence-electron chi connectivity index (χ4n) is 2.57. The molecule has 2 aromatic carbocycles. The minimum Gasteiger partial charge on any atom is -0.299 e. The van der Waals surface area contributed by atoms with Gasteiger partial charge in [0.1, 0.15) is 5.78 Å². The number of hydrogen-bond acceptors (Lipinski definition) is 1. The van der Waals surface area contributed by atoms with E-state index in [0.29, 0.717) is 12.2 Å². The van der Waals surface area contributed by atoms with E-state index in [1.807, 2.05) is 30.3 Å². The molecule has 0 N–H and O–H groups in total. The third-order valence-electron chi connectivity index (χ3n) is 3.95. The van der Waals surface area contributed by atoms with Crippen LogP contribution in [-0.2, 0) is 11.2 Å². The second-order valence-corrected chi connectivity index (χ2v) is 5.43. The number of aryl methyl sites for hydroxylation is 2. The second kappa shape index (κ2) is 6.51. The molecule has 0 heterocycles. The normalized spacial score (nSPS) is 12.2. The highest BCUT2D eigenvalue weighted by Crippen LogP contribution is 2.22. The standard InChI is InChI=1S/C19H22O/c1-4-18(17-8-6-5-7-9-17)19(20)13-16-11-10-14(2)15(3)12-16/h5-12,18H,4,13H2,1-3H3. The second-order valence-electron chi connectivity index (χ2n) is 5.43. The Hall–Kier alpha value is -1.89. The Morgan fingerprint density at radius 3 is 2.30 bits per heavy atom. The molecule has 0 aliphatic heterocycles. The molecule has 0 saturated carbocycles. The Morgan fingerprint density at radius 1 is 1.00 bits per heavy atom. The van der Waals surface area contributed by atoms with Crippen LogP contribution in [0.25, 0.3) is 0 Å². The van der Waals surface area contributed by atoms with Crippen molar-refractivity contribution >= 4 is 5.78 Å². The molecule has 0 fully saturated rings. The number of carbonyl (C=O) groups excluding carboxylic acids is 1. The summed E-state index contributed by atoms with van der Waals surface area (Å²) in [6.07, 6.45) is 1.38. The molecule has 0 bridgehead atoms. The first-order valence-electron chi connectivity index (χ1n) is 7.25. The molecule has 0 saturated heterocycles. The molecule has 0 aliphatic carbocycles. The van der Waals surface area contributed by atoms with Gasteiger partial charge in [-0.25, -0.2) is 0 Å². The van der Waals surface area contributed by atoms with E-state index < -0.39 is 0 Å². The van der Waals surface area contributed by atoms with Crippen LogP contribution in [0, 0.1) is 13.8 Å². The van der Waals surface area contributed by atoms with Gasteiger partial charge in [0.05, 0.1) is 0 Å². The van der Waals surface area contributed by atoms with Crippen LogP contribution in [0.4, 0.5) is 0 Å². The zero-order valence-electron chi connectivity index (χ0n) is 12.5. The van der Waals surface area contributed by atoms with E-state index in [1.165, 1.54) is 11.1 Å². The zero-order valence-corrected chi connectivity index (χ0v) is 12.5. The SMILES string of the molecule is CCC(C(=O)Cc1ccc(C)c(C)c1)c1ccccc1. The number of hydrogen-bond donors (Lipinski definition) is 0. The molecule has 0 aliphatic rings. The molecule has 0 amide bonds. The molecular weight excluding hydrogens is 244 g/mol. The number of rotatable bonds is 5. The van der Waals surface area contributed by atoms with Gasteiger partial charge in [-0.3, -0.25) is 4.79 Å². The minimum absolute atomic E-state index is 0.0119. The number of ketones is 1. The predicted molar refractivity (Wildman–Crippen MR) is 84.1 cm³/mol. The maximum Gasteiger partial charge on any atom is 0.144 e. The maximum absolute atomic E-state index is 12.5. The van der Waals surface area contributed by atoms with Gasteiger partial charge >= 0.3 is 0 Å². The fourth-order valence-corrected chi connectivity index (χ4v) is 2.57. The summed E-state index contributed by atoms with van der Waals surface area (Å²) in [7, 11) is 0. The number of Topliss-reactive ketones (excluding diaryl/α,β-unsaturated/α-hetero) is 1. The Morgan fingerprint density at radius 2 is 1.70 bits per heavy atom. The first-order chi connectivity index (χ1) is 9.61. The average Bonchev–Trinajstić information content (AvgIpc) is 2.45. The van der Waals surface area contributed by atoms with Gasteiger partial charge in [-0.2, -0.15) is 0 Å². The van der Waals surface area contributed by atoms with Crippen molar-refractivity contribution in [1.29, 1.82) is 0 Å². The van der Waals surface area contributed by atoms with Crippen molar-refractivity contribution < 1.29 is 4.79 Å². The van der Waals surface area contributed by atoms with Crippen molar-refractivity contribution in [2.45, 2.75) is 39.5 Å². The van der Waals surface area contributed by atoms with Gasteiger partial charge in [-0.05, 0) is 42.5 Å². The lowest BCUT2D eigenvalue weighted by molar-refractivity contribution is -0.119. The summed E-state index contributed by atoms with van der Waals surface area (Å²) in [6, 6.07) is 16.4. The summed E-state index contributed by atoms with van der Waals surface area (Å²) in [5, 5.41) is 0. The third-order valence-corrected chi connectivity index (χ3v) is 3.95. The molecule has 1 atom stereocenters. The van der Waals surface area contributed by atoms with Gasteiger partial charge in [0.25, 0.3) is 0 Å². The monoisotopic (exact) mass is 266 g/mol. The lowest BCUT2D eigenvalue weighted by atomic mass is 9.88. The maximum atomic E-state index is 12.5. The van der Waals surface area contributed by atoms with Crippen LogP contribution in [0.15, 0.2) is 48.5 Å². The molecule has 0 radical (unpaired) electrons. The molecule has 1 nitrogen and oxygen atoms in total. The highest BCUT2D eigenvalue weighted by Gasteiger charge is 2.18. The summed E-state index contributed by atoms with van der Waals surface area (Å²) < 4.78 is 0. The smallest absolute Gasteiger partial charge is 0.144 e. The molecule has 1 heteroatoms. The Bertz CT molecular complexity index is 584. The molecule has 2 aromatic rings. The van der Waals surface area contributed by atoms with E-state index in [1.54, 1.807) is 0 Å². The van der Waals surface area contributed by atoms with Gasteiger partial charge in [0.15, 0.2) is 0 Å². The Kier molecular flexibility index (Phi) is 4.73. The van der Waals surface area contributed by atoms with Crippen molar-refractivity contribution in [3.63, 3.8) is 0 Å². The topological polar surface area (TPSA) is 17.1 Å². The van der Waals surface area contributed by atoms with E-state index in [9.17, 15) is 4.79 Å². The van der Waals surface area contributed by atoms with Crippen LogP contribution in [0.5, 0.6) is 0 Å². The summed E-state index contributed by atoms with van der Waals surface area (Å²) >= 11 is 0. The minimum atomic E-state index is 0.0119. The van der Waals surface area contributed by atoms with Crippen molar-refractivity contribution in [2.24, 2.45) is 0 Å². The quantitative estimate of drug-likeness (QED) is 0.772. The summed E-state index contributed by atoms with van der Waals surface area (Å²) in [5.41, 5.74) is 4.77. The van der Waals surface area contributed by atoms with E-state index in [4.69, 9.17) is 0 Å². The van der Waals surface area contributed by atoms with Gasteiger partial charge in [-0.1, -0.05) is 55.5 Å². The van der Waals surface area contributed by atoms with E-state index in [2.05, 4.69) is 39.0 Å². The molecule has 2 rings (SSSR count). The van der Waals surface area contributed by atoms with Gasteiger partial charge in [0, 0.05) is 12.3 Å². The van der Waals surface area contributed by atoms with Crippen molar-refractivity contribution in [3.8, 4) is 0 Å². The summed E-state index contributed by atoms with van der Waals surface area (Å²) in [6.45, 7) is 6.27. The van der Waals surface area contributed by atoms with E-state index in [-0.39, 0.29) is 5.92 Å². The van der Waals surface area contributed by atoms with E-state index in [0.717, 1.165) is 17.5 Å². The van der Waals surface area contributed by atoms with Crippen molar-refractivity contribution in [3.05, 3.63) is 70.8 Å². The third kappa shape index (κ3) is 3.36. The van der Waals surface area contributed by atoms with Crippen LogP contribution >= 0.6 is 0 Å². The summed E-state index contributed by atoms with van der Waals surface area (Å²) in [4.78, 5) is 12.5. The largest absolute Gasteiger partial charge is 0.299 e. The zero-order chi connectivity index (χ0) is 14.5. The molecular formula is C19H22O. The van der Waals surface area contributed by atoms with Crippen molar-refractivity contribution in [2.75, 3.05) is 0 Å². The Balaban J connectivity index is 2.15. The molecule has 104 valence electrons. The van der Waals surface area contributed by atoms with Crippen LogP contribution in [0.1, 0.15) is 41.5 Å². The Labute approximate surface area is 121 Å². The number of benzene rings is 2. The highest BCUT2D eigenvalue weighted by atomic mass is 16.1. The van der Waals surface area contributed by atoms with Crippen molar-refractivity contribution in [1.82, 2.24) is 0 Å². The van der Waals surface area contributed by atoms with Gasteiger partial charge in [-0.15, -0.1) is 0 Å². The fraction of sp³-hybridized carbons (Fsp3) is 0.316. The molecule has 0 aromatic heterocycles. The lowest BCUT2D eigenvalue weighted by Crippen LogP contribution is -2.14. The van der Waals surface area contributed by atoms with E-state index >= 15 is 0 Å². The average molecular weight is 266 g/mol. The van der Waals surface area contributed by atoms with Crippen LogP contribution in [-0.4, -0.2) is 5.78 Å². The van der Waals surface area contributed by atoms with Crippen LogP contribution in [0.3, 0.4) is 0 Å². The van der Waals surface area contributed by atoms with Gasteiger partial charge < -0.3 is 0 Å². The van der Waals surface area contributed by atoms with Gasteiger partial charge in [0.2, 0.25) is 0 Å². The first-order valence-corrected chi connectivity index (χ1v) is 7.25. The molecule has 20 heavy (non-hydrogen) atoms. The summed E-state index contributed by atoms with van der Waals surface area (Å²) in [5.74, 6) is 0.319. The molecule has 0 spiro atoms. The van der Waals surface area contributed by atoms with Crippen LogP contribution in [0.2, 0.25) is 0 Å². The lowest BCUT2D eigenvalue weighted by Gasteiger charge is -2.14. The number of carbonyl (C=O) groups is 1. The first kappa shape index (κ1) is 14.5.